The lowest BCUT2D eigenvalue weighted by Gasteiger charge is -2.63. The Morgan fingerprint density at radius 1 is 1.15 bits per heavy atom. The first-order valence-corrected chi connectivity index (χ1v) is 16.3. The van der Waals surface area contributed by atoms with E-state index in [-0.39, 0.29) is 37.1 Å². The quantitative estimate of drug-likeness (QED) is 0.0670. The Morgan fingerprint density at radius 2 is 1.85 bits per heavy atom. The number of hydrogen-bond donors (Lipinski definition) is 6. The molecule has 0 saturated heterocycles. The number of Topliss-reactive ketones (excluding diaryl/α,β-unsaturated/α-hetero) is 1. The smallest absolute Gasteiger partial charge is 0.326 e. The number of carbonyl (C=O) groups excluding carboxylic acids is 4. The minimum Gasteiger partial charge on any atom is -0.480 e. The molecular weight excluding hydrogens is 640 g/mol. The van der Waals surface area contributed by atoms with Gasteiger partial charge in [0.2, 0.25) is 11.7 Å². The largest absolute Gasteiger partial charge is 0.480 e. The van der Waals surface area contributed by atoms with Crippen LogP contribution in [0.3, 0.4) is 0 Å². The highest BCUT2D eigenvalue weighted by molar-refractivity contribution is 6.26. The Morgan fingerprint density at radius 3 is 2.51 bits per heavy atom. The number of esters is 1. The van der Waals surface area contributed by atoms with E-state index in [0.29, 0.717) is 38.5 Å². The number of amides is 1. The molecule has 9 atom stereocenters. The van der Waals surface area contributed by atoms with Crippen molar-refractivity contribution in [2.24, 2.45) is 28.6 Å². The van der Waals surface area contributed by atoms with E-state index in [0.717, 1.165) is 5.57 Å². The van der Waals surface area contributed by atoms with E-state index in [1.54, 1.807) is 26.0 Å². The van der Waals surface area contributed by atoms with Crippen molar-refractivity contribution in [1.29, 1.82) is 0 Å². The molecule has 1 unspecified atom stereocenters. The minimum absolute atomic E-state index is 0.00205. The Labute approximate surface area is 277 Å². The predicted molar refractivity (Wildman–Crippen MR) is 163 cm³/mol. The van der Waals surface area contributed by atoms with E-state index in [1.165, 1.54) is 6.08 Å². The third-order valence-corrected chi connectivity index (χ3v) is 12.2. The standard InChI is InChI=1S/C32H45ClN2O12/c1-18-13-22-21-9-8-19-14-20(36)10-11-29(19,2)31(21,33)24(37)16-30(22,3)32(18,43)25(38)17-46-27(40)15-23(28(41)42)34-26(39)7-5-4-6-12-47-35(44)45/h10-11,14,18,21-24,37,43-45H,4-9,12-13,15-17H2,1-3H3,(H,34,39)(H,41,42)/t18-,21-,22-,23?,24-,29-,30-,31-,32-/m0/s1. The molecule has 47 heavy (non-hydrogen) atoms. The zero-order valence-corrected chi connectivity index (χ0v) is 27.6. The van der Waals surface area contributed by atoms with Gasteiger partial charge in [0.15, 0.2) is 12.4 Å². The minimum atomic E-state index is -1.98. The van der Waals surface area contributed by atoms with Crippen molar-refractivity contribution in [3.63, 3.8) is 0 Å². The van der Waals surface area contributed by atoms with Gasteiger partial charge < -0.3 is 25.4 Å². The molecule has 3 saturated carbocycles. The molecule has 1 amide bonds. The summed E-state index contributed by atoms with van der Waals surface area (Å²) >= 11 is 7.42. The molecule has 0 heterocycles. The van der Waals surface area contributed by atoms with Gasteiger partial charge in [-0.1, -0.05) is 38.8 Å². The van der Waals surface area contributed by atoms with E-state index in [4.69, 9.17) is 26.8 Å². The first-order chi connectivity index (χ1) is 21.9. The average Bonchev–Trinajstić information content (AvgIpc) is 3.19. The van der Waals surface area contributed by atoms with Gasteiger partial charge in [-0.2, -0.15) is 0 Å². The zero-order valence-electron chi connectivity index (χ0n) is 26.8. The maximum absolute atomic E-state index is 13.7. The number of hydrogen-bond acceptors (Lipinski definition) is 12. The molecule has 262 valence electrons. The summed E-state index contributed by atoms with van der Waals surface area (Å²) < 4.78 is 5.15. The summed E-state index contributed by atoms with van der Waals surface area (Å²) in [6.45, 7) is 4.57. The van der Waals surface area contributed by atoms with E-state index in [2.05, 4.69) is 10.2 Å². The van der Waals surface area contributed by atoms with E-state index >= 15 is 0 Å². The zero-order chi connectivity index (χ0) is 34.9. The van der Waals surface area contributed by atoms with E-state index in [1.807, 2.05) is 6.92 Å². The number of rotatable bonds is 14. The number of nitrogens with zero attached hydrogens (tertiary/aromatic N) is 1. The van der Waals surface area contributed by atoms with Gasteiger partial charge in [0.1, 0.15) is 11.6 Å². The lowest BCUT2D eigenvalue weighted by molar-refractivity contribution is -0.492. The van der Waals surface area contributed by atoms with E-state index < -0.39 is 81.4 Å². The first kappa shape index (κ1) is 37.1. The van der Waals surface area contributed by atoms with Crippen LogP contribution in [0.1, 0.15) is 78.6 Å². The molecule has 0 aliphatic heterocycles. The van der Waals surface area contributed by atoms with Crippen LogP contribution < -0.4 is 5.32 Å². The third kappa shape index (κ3) is 6.65. The number of fused-ring (bicyclic) bond motifs is 5. The maximum Gasteiger partial charge on any atom is 0.326 e. The fourth-order valence-corrected chi connectivity index (χ4v) is 9.32. The van der Waals surface area contributed by atoms with Crippen LogP contribution in [-0.2, 0) is 33.5 Å². The molecular formula is C32H45ClN2O12. The fraction of sp³-hybridized carbons (Fsp3) is 0.719. The maximum atomic E-state index is 13.7. The van der Waals surface area contributed by atoms with Gasteiger partial charge in [0.25, 0.3) is 0 Å². The molecule has 15 heteroatoms. The summed E-state index contributed by atoms with van der Waals surface area (Å²) in [6, 6.07) is -1.61. The summed E-state index contributed by atoms with van der Waals surface area (Å²) in [6.07, 6.45) is 5.64. The van der Waals surface area contributed by atoms with Crippen LogP contribution >= 0.6 is 11.6 Å². The first-order valence-electron chi connectivity index (χ1n) is 16.0. The van der Waals surface area contributed by atoms with Crippen LogP contribution in [0.4, 0.5) is 0 Å². The number of ketones is 2. The lowest BCUT2D eigenvalue weighted by atomic mass is 9.45. The number of carboxylic acids is 1. The van der Waals surface area contributed by atoms with Crippen molar-refractivity contribution >= 4 is 41.0 Å². The molecule has 6 N–H and O–H groups in total. The van der Waals surface area contributed by atoms with Crippen molar-refractivity contribution in [3.8, 4) is 0 Å². The number of allylic oxidation sites excluding steroid dienone is 4. The number of unbranched alkanes of at least 4 members (excludes halogenated alkanes) is 2. The molecule has 0 spiro atoms. The lowest BCUT2D eigenvalue weighted by Crippen LogP contribution is -2.69. The average molecular weight is 685 g/mol. The number of nitrogens with one attached hydrogen (secondary N) is 1. The van der Waals surface area contributed by atoms with Crippen molar-refractivity contribution < 1.29 is 59.3 Å². The monoisotopic (exact) mass is 684 g/mol. The van der Waals surface area contributed by atoms with Crippen LogP contribution in [0.15, 0.2) is 23.8 Å². The highest BCUT2D eigenvalue weighted by Gasteiger charge is 2.74. The highest BCUT2D eigenvalue weighted by atomic mass is 35.5. The highest BCUT2D eigenvalue weighted by Crippen LogP contribution is 2.71. The third-order valence-electron chi connectivity index (χ3n) is 11.3. The summed E-state index contributed by atoms with van der Waals surface area (Å²) in [5.74, 6) is -5.21. The number of halogens is 1. The van der Waals surface area contributed by atoms with Crippen molar-refractivity contribution in [1.82, 2.24) is 10.7 Å². The van der Waals surface area contributed by atoms with Gasteiger partial charge in [-0.05, 0) is 68.4 Å². The van der Waals surface area contributed by atoms with Crippen molar-refractivity contribution in [3.05, 3.63) is 23.8 Å². The molecule has 0 aromatic rings. The molecule has 0 bridgehead atoms. The molecule has 14 nitrogen and oxygen atoms in total. The molecule has 0 radical (unpaired) electrons. The second-order valence-electron chi connectivity index (χ2n) is 13.8. The number of carbonyl (C=O) groups is 5. The van der Waals surface area contributed by atoms with Crippen LogP contribution in [0.25, 0.3) is 0 Å². The number of aliphatic carboxylic acids is 1. The molecule has 0 aromatic carbocycles. The number of aliphatic hydroxyl groups excluding tert-OH is 1. The second kappa shape index (κ2) is 14.0. The summed E-state index contributed by atoms with van der Waals surface area (Å²) in [7, 11) is 0. The van der Waals surface area contributed by atoms with Crippen LogP contribution in [-0.4, -0.2) is 96.4 Å². The topological polar surface area (TPSA) is 220 Å². The molecule has 4 aliphatic rings. The second-order valence-corrected chi connectivity index (χ2v) is 14.4. The summed E-state index contributed by atoms with van der Waals surface area (Å²) in [4.78, 5) is 65.7. The van der Waals surface area contributed by atoms with Crippen LogP contribution in [0.2, 0.25) is 0 Å². The summed E-state index contributed by atoms with van der Waals surface area (Å²) in [5, 5.41) is 52.2. The Bertz CT molecular complexity index is 1340. The molecule has 3 fully saturated rings. The van der Waals surface area contributed by atoms with Gasteiger partial charge in [0, 0.05) is 17.3 Å². The Kier molecular flexibility index (Phi) is 11.1. The number of ether oxygens (including phenoxy) is 1. The van der Waals surface area contributed by atoms with Crippen molar-refractivity contribution in [2.75, 3.05) is 13.2 Å². The SMILES string of the molecule is C[C@H]1C[C@H]2[C@@H]3CCC4=CC(=O)C=C[C@]4(C)[C@@]3(Cl)[C@@H](O)C[C@]2(C)[C@@]1(O)C(=O)COC(=O)CC(NC(=O)CCCCCON(O)O)C(=O)O. The predicted octanol–water partition coefficient (Wildman–Crippen LogP) is 2.25. The number of alkyl halides is 1. The number of aliphatic hydroxyl groups is 2. The van der Waals surface area contributed by atoms with Gasteiger partial charge in [0.05, 0.1) is 29.4 Å². The number of carboxylic acid groups (broad SMARTS) is 1. The van der Waals surface area contributed by atoms with Crippen LogP contribution in [0, 0.1) is 28.6 Å². The van der Waals surface area contributed by atoms with Gasteiger partial charge in [-0.25, -0.2) is 4.79 Å². The normalized spacial score (nSPS) is 36.5. The molecule has 4 rings (SSSR count). The fourth-order valence-electron chi connectivity index (χ4n) is 8.80. The Balaban J connectivity index is 1.38. The van der Waals surface area contributed by atoms with Gasteiger partial charge >= 0.3 is 11.9 Å². The Hall–Kier alpha value is -2.72. The van der Waals surface area contributed by atoms with Crippen molar-refractivity contribution in [2.45, 2.75) is 101 Å². The van der Waals surface area contributed by atoms with Gasteiger partial charge in [-0.3, -0.25) is 34.4 Å². The van der Waals surface area contributed by atoms with E-state index in [9.17, 15) is 39.3 Å². The molecule has 0 aromatic heterocycles. The van der Waals surface area contributed by atoms with Crippen LogP contribution in [0.5, 0.6) is 0 Å². The molecule has 4 aliphatic carbocycles. The summed E-state index contributed by atoms with van der Waals surface area (Å²) in [5.41, 5.74) is -3.05. The van der Waals surface area contributed by atoms with Gasteiger partial charge in [-0.15, -0.1) is 11.6 Å².